The van der Waals surface area contributed by atoms with Crippen LogP contribution in [0.5, 0.6) is 0 Å². The summed E-state index contributed by atoms with van der Waals surface area (Å²) in [7, 11) is 0. The number of hydrogen-bond acceptors (Lipinski definition) is 3. The molecule has 102 valence electrons. The van der Waals surface area contributed by atoms with Gasteiger partial charge in [-0.1, -0.05) is 12.1 Å². The van der Waals surface area contributed by atoms with Crippen LogP contribution in [0.2, 0.25) is 0 Å². The van der Waals surface area contributed by atoms with Crippen molar-refractivity contribution < 1.29 is 9.90 Å². The summed E-state index contributed by atoms with van der Waals surface area (Å²) in [6, 6.07) is 12.6. The van der Waals surface area contributed by atoms with Crippen molar-refractivity contribution >= 4 is 16.9 Å². The van der Waals surface area contributed by atoms with Crippen molar-refractivity contribution in [2.75, 3.05) is 0 Å². The number of aromatic nitrogens is 2. The van der Waals surface area contributed by atoms with Crippen LogP contribution in [0.3, 0.4) is 0 Å². The molecule has 0 atom stereocenters. The van der Waals surface area contributed by atoms with Crippen LogP contribution in [-0.4, -0.2) is 20.6 Å². The second kappa shape index (κ2) is 5.10. The standard InChI is InChI=1S/C16H11N3O2/c17-9-14-13(2-1-6-18-14)10-19-7-5-11-3-4-12(16(20)21)8-15(11)19/h1-8H,10H2,(H,20,21). The largest absolute Gasteiger partial charge is 0.478 e. The van der Waals surface area contributed by atoms with Crippen LogP contribution in [0.25, 0.3) is 10.9 Å². The third-order valence-electron chi connectivity index (χ3n) is 3.36. The molecule has 2 heterocycles. The zero-order chi connectivity index (χ0) is 14.8. The van der Waals surface area contributed by atoms with E-state index in [0.717, 1.165) is 16.5 Å². The van der Waals surface area contributed by atoms with Crippen LogP contribution in [-0.2, 0) is 6.54 Å². The summed E-state index contributed by atoms with van der Waals surface area (Å²) >= 11 is 0. The third kappa shape index (κ3) is 2.35. The number of nitrogens with zero attached hydrogens (tertiary/aromatic N) is 3. The Bertz CT molecular complexity index is 875. The summed E-state index contributed by atoms with van der Waals surface area (Å²) in [5, 5.41) is 19.1. The van der Waals surface area contributed by atoms with Gasteiger partial charge in [0.2, 0.25) is 0 Å². The van der Waals surface area contributed by atoms with E-state index >= 15 is 0 Å². The van der Waals surface area contributed by atoms with E-state index in [0.29, 0.717) is 12.2 Å². The Balaban J connectivity index is 2.07. The minimum atomic E-state index is -0.955. The first kappa shape index (κ1) is 12.9. The minimum absolute atomic E-state index is 0.245. The van der Waals surface area contributed by atoms with Gasteiger partial charge in [-0.25, -0.2) is 9.78 Å². The number of carbonyl (C=O) groups is 1. The fourth-order valence-electron chi connectivity index (χ4n) is 2.31. The molecule has 0 aliphatic rings. The molecule has 0 amide bonds. The highest BCUT2D eigenvalue weighted by Gasteiger charge is 2.09. The predicted octanol–water partition coefficient (Wildman–Crippen LogP) is 2.65. The van der Waals surface area contributed by atoms with Gasteiger partial charge in [0.15, 0.2) is 0 Å². The molecule has 5 nitrogen and oxygen atoms in total. The summed E-state index contributed by atoms with van der Waals surface area (Å²) in [5.74, 6) is -0.955. The topological polar surface area (TPSA) is 78.9 Å². The molecule has 0 unspecified atom stereocenters. The lowest BCUT2D eigenvalue weighted by Crippen LogP contribution is -2.02. The van der Waals surface area contributed by atoms with E-state index in [1.807, 2.05) is 22.9 Å². The highest BCUT2D eigenvalue weighted by atomic mass is 16.4. The SMILES string of the molecule is N#Cc1ncccc1Cn1ccc2ccc(C(=O)O)cc21. The lowest BCUT2D eigenvalue weighted by atomic mass is 10.1. The molecular weight excluding hydrogens is 266 g/mol. The van der Waals surface area contributed by atoms with Gasteiger partial charge in [-0.2, -0.15) is 5.26 Å². The van der Waals surface area contributed by atoms with E-state index in [2.05, 4.69) is 11.1 Å². The fourth-order valence-corrected chi connectivity index (χ4v) is 2.31. The van der Waals surface area contributed by atoms with Gasteiger partial charge in [-0.05, 0) is 29.7 Å². The second-order valence-electron chi connectivity index (χ2n) is 4.65. The number of aromatic carboxylic acids is 1. The molecule has 0 spiro atoms. The number of hydrogen-bond donors (Lipinski definition) is 1. The van der Waals surface area contributed by atoms with E-state index in [1.165, 1.54) is 0 Å². The number of rotatable bonds is 3. The summed E-state index contributed by atoms with van der Waals surface area (Å²) in [6.07, 6.45) is 3.46. The Morgan fingerprint density at radius 2 is 2.19 bits per heavy atom. The molecule has 2 aromatic heterocycles. The highest BCUT2D eigenvalue weighted by Crippen LogP contribution is 2.19. The zero-order valence-electron chi connectivity index (χ0n) is 11.0. The average molecular weight is 277 g/mol. The molecule has 0 saturated carbocycles. The number of carboxylic acids is 1. The Morgan fingerprint density at radius 3 is 2.95 bits per heavy atom. The van der Waals surface area contributed by atoms with Crippen molar-refractivity contribution in [3.8, 4) is 6.07 Å². The summed E-state index contributed by atoms with van der Waals surface area (Å²) in [4.78, 5) is 15.1. The van der Waals surface area contributed by atoms with Crippen LogP contribution in [0.15, 0.2) is 48.8 Å². The monoisotopic (exact) mass is 277 g/mol. The first-order chi connectivity index (χ1) is 10.2. The number of pyridine rings is 1. The molecule has 0 saturated heterocycles. The van der Waals surface area contributed by atoms with Crippen molar-refractivity contribution in [2.45, 2.75) is 6.54 Å². The van der Waals surface area contributed by atoms with Crippen LogP contribution in [0.1, 0.15) is 21.6 Å². The van der Waals surface area contributed by atoms with Gasteiger partial charge in [0.1, 0.15) is 11.8 Å². The maximum atomic E-state index is 11.1. The van der Waals surface area contributed by atoms with Gasteiger partial charge in [-0.3, -0.25) is 0 Å². The molecule has 0 bridgehead atoms. The van der Waals surface area contributed by atoms with Crippen molar-refractivity contribution in [1.29, 1.82) is 5.26 Å². The second-order valence-corrected chi connectivity index (χ2v) is 4.65. The van der Waals surface area contributed by atoms with Gasteiger partial charge in [0, 0.05) is 23.5 Å². The molecule has 1 aromatic carbocycles. The van der Waals surface area contributed by atoms with E-state index in [1.54, 1.807) is 30.5 Å². The Hall–Kier alpha value is -3.13. The van der Waals surface area contributed by atoms with Crippen LogP contribution >= 0.6 is 0 Å². The lowest BCUT2D eigenvalue weighted by molar-refractivity contribution is 0.0697. The zero-order valence-corrected chi connectivity index (χ0v) is 11.0. The van der Waals surface area contributed by atoms with E-state index in [4.69, 9.17) is 10.4 Å². The first-order valence-corrected chi connectivity index (χ1v) is 6.35. The Labute approximate surface area is 120 Å². The third-order valence-corrected chi connectivity index (χ3v) is 3.36. The van der Waals surface area contributed by atoms with Gasteiger partial charge in [0.25, 0.3) is 0 Å². The maximum absolute atomic E-state index is 11.1. The minimum Gasteiger partial charge on any atom is -0.478 e. The molecule has 5 heteroatoms. The molecule has 0 radical (unpaired) electrons. The number of carboxylic acid groups (broad SMARTS) is 1. The molecule has 0 fully saturated rings. The van der Waals surface area contributed by atoms with Crippen molar-refractivity contribution in [3.05, 3.63) is 65.6 Å². The highest BCUT2D eigenvalue weighted by molar-refractivity contribution is 5.93. The van der Waals surface area contributed by atoms with E-state index in [-0.39, 0.29) is 5.56 Å². The average Bonchev–Trinajstić information content (AvgIpc) is 2.90. The number of benzene rings is 1. The number of nitriles is 1. The fraction of sp³-hybridized carbons (Fsp3) is 0.0625. The van der Waals surface area contributed by atoms with E-state index < -0.39 is 5.97 Å². The first-order valence-electron chi connectivity index (χ1n) is 6.35. The van der Waals surface area contributed by atoms with E-state index in [9.17, 15) is 4.79 Å². The summed E-state index contributed by atoms with van der Waals surface area (Å²) in [6.45, 7) is 0.476. The van der Waals surface area contributed by atoms with Crippen LogP contribution < -0.4 is 0 Å². The Morgan fingerprint density at radius 1 is 1.33 bits per heavy atom. The smallest absolute Gasteiger partial charge is 0.335 e. The molecule has 0 aliphatic carbocycles. The quantitative estimate of drug-likeness (QED) is 0.798. The summed E-state index contributed by atoms with van der Waals surface area (Å²) < 4.78 is 1.92. The molecule has 21 heavy (non-hydrogen) atoms. The molecule has 3 rings (SSSR count). The summed E-state index contributed by atoms with van der Waals surface area (Å²) in [5.41, 5.74) is 2.25. The van der Waals surface area contributed by atoms with Crippen molar-refractivity contribution in [3.63, 3.8) is 0 Å². The van der Waals surface area contributed by atoms with Crippen LogP contribution in [0, 0.1) is 11.3 Å². The molecule has 1 N–H and O–H groups in total. The van der Waals surface area contributed by atoms with Crippen molar-refractivity contribution in [2.24, 2.45) is 0 Å². The van der Waals surface area contributed by atoms with Crippen LogP contribution in [0.4, 0.5) is 0 Å². The lowest BCUT2D eigenvalue weighted by Gasteiger charge is -2.07. The van der Waals surface area contributed by atoms with Gasteiger partial charge in [-0.15, -0.1) is 0 Å². The Kier molecular flexibility index (Phi) is 3.13. The molecule has 0 aliphatic heterocycles. The molecule has 3 aromatic rings. The maximum Gasteiger partial charge on any atom is 0.335 e. The van der Waals surface area contributed by atoms with Gasteiger partial charge >= 0.3 is 5.97 Å². The molecular formula is C16H11N3O2. The van der Waals surface area contributed by atoms with Gasteiger partial charge in [0.05, 0.1) is 12.1 Å². The number of fused-ring (bicyclic) bond motifs is 1. The van der Waals surface area contributed by atoms with Gasteiger partial charge < -0.3 is 9.67 Å². The predicted molar refractivity (Wildman–Crippen MR) is 77.0 cm³/mol. The van der Waals surface area contributed by atoms with Crippen molar-refractivity contribution in [1.82, 2.24) is 9.55 Å². The normalized spacial score (nSPS) is 10.4.